The number of hydrogen-bond donors (Lipinski definition) is 1. The Morgan fingerprint density at radius 1 is 1.31 bits per heavy atom. The first-order chi connectivity index (χ1) is 7.20. The number of Topliss-reactive ketones (excluding diaryl/α,β-unsaturated/α-hetero) is 1. The number of halogens is 1. The van der Waals surface area contributed by atoms with Gasteiger partial charge in [-0.2, -0.15) is 0 Å². The molecule has 0 heterocycles. The first-order valence-corrected chi connectivity index (χ1v) is 5.56. The number of carbonyl (C=O) groups is 1. The van der Waals surface area contributed by atoms with Gasteiger partial charge in [-0.05, 0) is 25.5 Å². The third-order valence-electron chi connectivity index (χ3n) is 2.57. The van der Waals surface area contributed by atoms with Crippen LogP contribution in [0.5, 0.6) is 0 Å². The molecule has 0 saturated carbocycles. The predicted molar refractivity (Wildman–Crippen MR) is 70.5 cm³/mol. The van der Waals surface area contributed by atoms with Crippen LogP contribution in [0.1, 0.15) is 36.7 Å². The molecule has 0 amide bonds. The van der Waals surface area contributed by atoms with Crippen molar-refractivity contribution in [3.63, 3.8) is 0 Å². The third-order valence-corrected chi connectivity index (χ3v) is 2.57. The van der Waals surface area contributed by atoms with E-state index in [9.17, 15) is 4.79 Å². The summed E-state index contributed by atoms with van der Waals surface area (Å²) in [6.07, 6.45) is 0.904. The Bertz CT molecular complexity index is 338. The van der Waals surface area contributed by atoms with E-state index in [0.29, 0.717) is 0 Å². The monoisotopic (exact) mass is 241 g/mol. The van der Waals surface area contributed by atoms with Crippen molar-refractivity contribution in [2.75, 3.05) is 6.54 Å². The number of ketones is 1. The van der Waals surface area contributed by atoms with Gasteiger partial charge in [-0.25, -0.2) is 0 Å². The Morgan fingerprint density at radius 3 is 2.50 bits per heavy atom. The number of carbonyl (C=O) groups excluding carboxylic acids is 1. The molecule has 16 heavy (non-hydrogen) atoms. The summed E-state index contributed by atoms with van der Waals surface area (Å²) in [5.74, 6) is 0.189. The molecule has 1 rings (SSSR count). The number of rotatable bonds is 5. The maximum Gasteiger partial charge on any atom is 0.179 e. The number of aryl methyl sites for hydroxylation is 1. The molecule has 0 saturated heterocycles. The lowest BCUT2D eigenvalue weighted by atomic mass is 9.98. The summed E-state index contributed by atoms with van der Waals surface area (Å²) in [7, 11) is 0. The van der Waals surface area contributed by atoms with Gasteiger partial charge < -0.3 is 5.32 Å². The highest BCUT2D eigenvalue weighted by Gasteiger charge is 2.15. The summed E-state index contributed by atoms with van der Waals surface area (Å²) in [5.41, 5.74) is 1.99. The Morgan fingerprint density at radius 2 is 1.94 bits per heavy atom. The first kappa shape index (κ1) is 15.1. The Hall–Kier alpha value is -0.860. The average molecular weight is 242 g/mol. The topological polar surface area (TPSA) is 29.1 Å². The van der Waals surface area contributed by atoms with Crippen LogP contribution in [0.3, 0.4) is 0 Å². The van der Waals surface area contributed by atoms with Crippen molar-refractivity contribution in [2.45, 2.75) is 33.2 Å². The van der Waals surface area contributed by atoms with E-state index >= 15 is 0 Å². The molecule has 1 unspecified atom stereocenters. The first-order valence-electron chi connectivity index (χ1n) is 5.56. The van der Waals surface area contributed by atoms with Crippen LogP contribution >= 0.6 is 12.4 Å². The molecule has 0 aromatic heterocycles. The maximum absolute atomic E-state index is 12.1. The predicted octanol–water partition coefficient (Wildman–Crippen LogP) is 2.85. The molecule has 1 atom stereocenters. The maximum atomic E-state index is 12.1. The standard InChI is InChI=1S/C13H19NO.ClH/c1-4-11-8-6-7-9-12(11)13(15)10(3)14-5-2;/h6-10,14H,4-5H2,1-3H3;1H. The summed E-state index contributed by atoms with van der Waals surface area (Å²) >= 11 is 0. The molecule has 0 aliphatic heterocycles. The van der Waals surface area contributed by atoms with E-state index in [2.05, 4.69) is 12.2 Å². The zero-order chi connectivity index (χ0) is 11.3. The highest BCUT2D eigenvalue weighted by Crippen LogP contribution is 2.11. The van der Waals surface area contributed by atoms with Crippen molar-refractivity contribution in [3.8, 4) is 0 Å². The molecule has 0 aliphatic carbocycles. The van der Waals surface area contributed by atoms with Gasteiger partial charge in [0.25, 0.3) is 0 Å². The summed E-state index contributed by atoms with van der Waals surface area (Å²) in [5, 5.41) is 3.15. The summed E-state index contributed by atoms with van der Waals surface area (Å²) in [6.45, 7) is 6.82. The zero-order valence-electron chi connectivity index (χ0n) is 10.1. The second kappa shape index (κ2) is 7.42. The van der Waals surface area contributed by atoms with Crippen LogP contribution in [-0.4, -0.2) is 18.4 Å². The third kappa shape index (κ3) is 3.62. The second-order valence-electron chi connectivity index (χ2n) is 3.65. The van der Waals surface area contributed by atoms with Crippen molar-refractivity contribution in [1.82, 2.24) is 5.32 Å². The van der Waals surface area contributed by atoms with Crippen molar-refractivity contribution in [1.29, 1.82) is 0 Å². The molecule has 0 aliphatic rings. The largest absolute Gasteiger partial charge is 0.308 e. The van der Waals surface area contributed by atoms with Crippen LogP contribution in [0, 0.1) is 0 Å². The van der Waals surface area contributed by atoms with Gasteiger partial charge in [0.05, 0.1) is 6.04 Å². The molecule has 1 aromatic carbocycles. The van der Waals surface area contributed by atoms with Gasteiger partial charge in [-0.15, -0.1) is 12.4 Å². The van der Waals surface area contributed by atoms with E-state index in [-0.39, 0.29) is 24.2 Å². The fraction of sp³-hybridized carbons (Fsp3) is 0.462. The van der Waals surface area contributed by atoms with Gasteiger partial charge in [-0.3, -0.25) is 4.79 Å². The van der Waals surface area contributed by atoms with Gasteiger partial charge >= 0.3 is 0 Å². The van der Waals surface area contributed by atoms with Crippen LogP contribution in [0.2, 0.25) is 0 Å². The second-order valence-corrected chi connectivity index (χ2v) is 3.65. The minimum atomic E-state index is -0.0947. The minimum absolute atomic E-state index is 0. The van der Waals surface area contributed by atoms with Gasteiger partial charge in [-0.1, -0.05) is 38.1 Å². The van der Waals surface area contributed by atoms with Crippen molar-refractivity contribution >= 4 is 18.2 Å². The molecule has 0 radical (unpaired) electrons. The van der Waals surface area contributed by atoms with Crippen molar-refractivity contribution in [3.05, 3.63) is 35.4 Å². The summed E-state index contributed by atoms with van der Waals surface area (Å²) in [4.78, 5) is 12.1. The van der Waals surface area contributed by atoms with Crippen LogP contribution in [0.4, 0.5) is 0 Å². The van der Waals surface area contributed by atoms with Gasteiger partial charge in [0.2, 0.25) is 0 Å². The molecule has 0 bridgehead atoms. The lowest BCUT2D eigenvalue weighted by Gasteiger charge is -2.13. The van der Waals surface area contributed by atoms with E-state index < -0.39 is 0 Å². The smallest absolute Gasteiger partial charge is 0.179 e. The average Bonchev–Trinajstić information content (AvgIpc) is 2.28. The summed E-state index contributed by atoms with van der Waals surface area (Å²) in [6, 6.07) is 7.74. The fourth-order valence-electron chi connectivity index (χ4n) is 1.70. The molecule has 0 fully saturated rings. The Labute approximate surface area is 104 Å². The van der Waals surface area contributed by atoms with Gasteiger partial charge in [0, 0.05) is 5.56 Å². The molecule has 1 N–H and O–H groups in total. The lowest BCUT2D eigenvalue weighted by Crippen LogP contribution is -2.34. The van der Waals surface area contributed by atoms with Crippen LogP contribution in [0.15, 0.2) is 24.3 Å². The Kier molecular flexibility index (Phi) is 7.02. The number of likely N-dealkylation sites (N-methyl/N-ethyl adjacent to an activating group) is 1. The molecule has 0 spiro atoms. The minimum Gasteiger partial charge on any atom is -0.308 e. The van der Waals surface area contributed by atoms with Crippen LogP contribution < -0.4 is 5.32 Å². The van der Waals surface area contributed by atoms with Gasteiger partial charge in [0.1, 0.15) is 0 Å². The Balaban J connectivity index is 0.00000225. The van der Waals surface area contributed by atoms with Crippen molar-refractivity contribution < 1.29 is 4.79 Å². The fourth-order valence-corrected chi connectivity index (χ4v) is 1.70. The van der Waals surface area contributed by atoms with E-state index in [0.717, 1.165) is 24.1 Å². The molecular formula is C13H20ClNO. The van der Waals surface area contributed by atoms with E-state index in [1.165, 1.54) is 0 Å². The number of hydrogen-bond acceptors (Lipinski definition) is 2. The molecule has 90 valence electrons. The van der Waals surface area contributed by atoms with Crippen LogP contribution in [0.25, 0.3) is 0 Å². The van der Waals surface area contributed by atoms with Crippen LogP contribution in [-0.2, 0) is 6.42 Å². The SMILES string of the molecule is CCNC(C)C(=O)c1ccccc1CC.Cl. The molecule has 2 nitrogen and oxygen atoms in total. The molecule has 3 heteroatoms. The van der Waals surface area contributed by atoms with E-state index in [1.54, 1.807) is 0 Å². The number of nitrogens with one attached hydrogen (secondary N) is 1. The van der Waals surface area contributed by atoms with E-state index in [4.69, 9.17) is 0 Å². The van der Waals surface area contributed by atoms with E-state index in [1.807, 2.05) is 38.1 Å². The normalized spacial score (nSPS) is 11.7. The highest BCUT2D eigenvalue weighted by atomic mass is 35.5. The zero-order valence-corrected chi connectivity index (χ0v) is 10.9. The molecular weight excluding hydrogens is 222 g/mol. The summed E-state index contributed by atoms with van der Waals surface area (Å²) < 4.78 is 0. The number of benzene rings is 1. The van der Waals surface area contributed by atoms with Gasteiger partial charge in [0.15, 0.2) is 5.78 Å². The molecule has 1 aromatic rings. The quantitative estimate of drug-likeness (QED) is 0.804. The van der Waals surface area contributed by atoms with Crippen molar-refractivity contribution in [2.24, 2.45) is 0 Å². The lowest BCUT2D eigenvalue weighted by molar-refractivity contribution is 0.0951. The highest BCUT2D eigenvalue weighted by molar-refractivity contribution is 6.01.